The topological polar surface area (TPSA) is 43.3 Å². The quantitative estimate of drug-likeness (QED) is 0.625. The van der Waals surface area contributed by atoms with Crippen molar-refractivity contribution >= 4 is 16.8 Å². The summed E-state index contributed by atoms with van der Waals surface area (Å²) in [5, 5.41) is 4.08. The average molecular weight is 354 g/mol. The van der Waals surface area contributed by atoms with Crippen LogP contribution in [0.1, 0.15) is 18.4 Å². The summed E-state index contributed by atoms with van der Waals surface area (Å²) in [6, 6.07) is 14.1. The third kappa shape index (κ3) is 4.63. The summed E-state index contributed by atoms with van der Waals surface area (Å²) in [5.41, 5.74) is 2.17. The second-order valence-electron chi connectivity index (χ2n) is 6.32. The van der Waals surface area contributed by atoms with Crippen LogP contribution in [-0.2, 0) is 18.3 Å². The SMILES string of the molecule is Cn1cc(CC(=O)NCCCCOc2ccc(F)cc2)c2ccccc21. The van der Waals surface area contributed by atoms with Gasteiger partial charge < -0.3 is 14.6 Å². The minimum absolute atomic E-state index is 0.0285. The minimum Gasteiger partial charge on any atom is -0.494 e. The number of hydrogen-bond donors (Lipinski definition) is 1. The Balaban J connectivity index is 1.37. The number of para-hydroxylation sites is 1. The third-order valence-corrected chi connectivity index (χ3v) is 4.31. The van der Waals surface area contributed by atoms with E-state index in [4.69, 9.17) is 4.74 Å². The van der Waals surface area contributed by atoms with Gasteiger partial charge in [-0.2, -0.15) is 0 Å². The zero-order valence-corrected chi connectivity index (χ0v) is 14.9. The van der Waals surface area contributed by atoms with E-state index in [1.54, 1.807) is 12.1 Å². The molecule has 0 aliphatic carbocycles. The van der Waals surface area contributed by atoms with E-state index in [-0.39, 0.29) is 11.7 Å². The number of rotatable bonds is 8. The highest BCUT2D eigenvalue weighted by Gasteiger charge is 2.09. The second-order valence-corrected chi connectivity index (χ2v) is 6.32. The summed E-state index contributed by atoms with van der Waals surface area (Å²) in [5.74, 6) is 0.415. The fourth-order valence-electron chi connectivity index (χ4n) is 2.98. The van der Waals surface area contributed by atoms with Crippen LogP contribution >= 0.6 is 0 Å². The molecule has 0 aliphatic rings. The molecule has 26 heavy (non-hydrogen) atoms. The molecule has 136 valence electrons. The Bertz CT molecular complexity index is 871. The highest BCUT2D eigenvalue weighted by atomic mass is 19.1. The molecule has 0 saturated carbocycles. The summed E-state index contributed by atoms with van der Waals surface area (Å²) >= 11 is 0. The summed E-state index contributed by atoms with van der Waals surface area (Å²) in [6.07, 6.45) is 4.06. The molecule has 5 heteroatoms. The van der Waals surface area contributed by atoms with Crippen molar-refractivity contribution in [3.63, 3.8) is 0 Å². The minimum atomic E-state index is -0.272. The molecule has 0 radical (unpaired) electrons. The summed E-state index contributed by atoms with van der Waals surface area (Å²) in [6.45, 7) is 1.17. The third-order valence-electron chi connectivity index (χ3n) is 4.31. The van der Waals surface area contributed by atoms with Crippen molar-refractivity contribution in [2.45, 2.75) is 19.3 Å². The van der Waals surface area contributed by atoms with E-state index in [1.165, 1.54) is 12.1 Å². The van der Waals surface area contributed by atoms with E-state index in [2.05, 4.69) is 11.4 Å². The number of unbranched alkanes of at least 4 members (excludes halogenated alkanes) is 1. The molecular formula is C21H23FN2O2. The Hall–Kier alpha value is -2.82. The average Bonchev–Trinajstić information content (AvgIpc) is 2.95. The van der Waals surface area contributed by atoms with Gasteiger partial charge in [-0.1, -0.05) is 18.2 Å². The van der Waals surface area contributed by atoms with Gasteiger partial charge in [-0.25, -0.2) is 4.39 Å². The van der Waals surface area contributed by atoms with Crippen molar-refractivity contribution in [3.8, 4) is 5.75 Å². The molecule has 1 heterocycles. The molecule has 0 bridgehead atoms. The van der Waals surface area contributed by atoms with Gasteiger partial charge in [0.25, 0.3) is 0 Å². The maximum atomic E-state index is 12.8. The van der Waals surface area contributed by atoms with Gasteiger partial charge >= 0.3 is 0 Å². The molecule has 1 N–H and O–H groups in total. The number of carbonyl (C=O) groups is 1. The van der Waals surface area contributed by atoms with E-state index >= 15 is 0 Å². The summed E-state index contributed by atoms with van der Waals surface area (Å²) in [7, 11) is 1.99. The van der Waals surface area contributed by atoms with E-state index < -0.39 is 0 Å². The number of nitrogens with one attached hydrogen (secondary N) is 1. The maximum Gasteiger partial charge on any atom is 0.224 e. The Labute approximate surface area is 152 Å². The van der Waals surface area contributed by atoms with Crippen molar-refractivity contribution < 1.29 is 13.9 Å². The Morgan fingerprint density at radius 2 is 1.88 bits per heavy atom. The molecule has 2 aromatic carbocycles. The van der Waals surface area contributed by atoms with Crippen LogP contribution in [0.15, 0.2) is 54.7 Å². The van der Waals surface area contributed by atoms with Crippen LogP contribution in [0, 0.1) is 5.82 Å². The van der Waals surface area contributed by atoms with Crippen molar-refractivity contribution in [1.29, 1.82) is 0 Å². The van der Waals surface area contributed by atoms with Crippen molar-refractivity contribution in [3.05, 3.63) is 66.1 Å². The first-order chi connectivity index (χ1) is 12.6. The predicted octanol–water partition coefficient (Wildman–Crippen LogP) is 3.84. The number of benzene rings is 2. The van der Waals surface area contributed by atoms with Gasteiger partial charge in [0, 0.05) is 30.7 Å². The molecule has 0 unspecified atom stereocenters. The van der Waals surface area contributed by atoms with Crippen molar-refractivity contribution in [2.75, 3.05) is 13.2 Å². The number of hydrogen-bond acceptors (Lipinski definition) is 2. The van der Waals surface area contributed by atoms with Gasteiger partial charge in [0.15, 0.2) is 0 Å². The molecule has 0 aliphatic heterocycles. The van der Waals surface area contributed by atoms with Gasteiger partial charge in [0.05, 0.1) is 13.0 Å². The molecule has 1 aromatic heterocycles. The van der Waals surface area contributed by atoms with Gasteiger partial charge in [0.2, 0.25) is 5.91 Å². The van der Waals surface area contributed by atoms with Gasteiger partial charge in [-0.3, -0.25) is 4.79 Å². The highest BCUT2D eigenvalue weighted by molar-refractivity contribution is 5.89. The molecule has 0 fully saturated rings. The van der Waals surface area contributed by atoms with Crippen LogP contribution in [0.4, 0.5) is 4.39 Å². The molecule has 0 spiro atoms. The number of aryl methyl sites for hydroxylation is 1. The van der Waals surface area contributed by atoms with Gasteiger partial charge in [-0.15, -0.1) is 0 Å². The first kappa shape index (κ1) is 18.0. The number of halogens is 1. The fourth-order valence-corrected chi connectivity index (χ4v) is 2.98. The molecule has 3 rings (SSSR count). The van der Waals surface area contributed by atoms with Crippen molar-refractivity contribution in [2.24, 2.45) is 7.05 Å². The van der Waals surface area contributed by atoms with Gasteiger partial charge in [0.1, 0.15) is 11.6 Å². The largest absolute Gasteiger partial charge is 0.494 e. The lowest BCUT2D eigenvalue weighted by Gasteiger charge is -2.07. The van der Waals surface area contributed by atoms with Crippen LogP contribution < -0.4 is 10.1 Å². The lowest BCUT2D eigenvalue weighted by Crippen LogP contribution is -2.26. The van der Waals surface area contributed by atoms with E-state index in [9.17, 15) is 9.18 Å². The van der Waals surface area contributed by atoms with Crippen LogP contribution in [0.3, 0.4) is 0 Å². The van der Waals surface area contributed by atoms with Crippen LogP contribution in [-0.4, -0.2) is 23.6 Å². The zero-order chi connectivity index (χ0) is 18.4. The number of fused-ring (bicyclic) bond motifs is 1. The Morgan fingerprint density at radius 3 is 2.69 bits per heavy atom. The fraction of sp³-hybridized carbons (Fsp3) is 0.286. The standard InChI is InChI=1S/C21H23FN2O2/c1-24-15-16(19-6-2-3-7-20(19)24)14-21(25)23-12-4-5-13-26-18-10-8-17(22)9-11-18/h2-3,6-11,15H,4-5,12-14H2,1H3,(H,23,25). The highest BCUT2D eigenvalue weighted by Crippen LogP contribution is 2.20. The Kier molecular flexibility index (Phi) is 5.89. The first-order valence-corrected chi connectivity index (χ1v) is 8.81. The van der Waals surface area contributed by atoms with Gasteiger partial charge in [-0.05, 0) is 48.7 Å². The number of amides is 1. The summed E-state index contributed by atoms with van der Waals surface area (Å²) < 4.78 is 20.4. The lowest BCUT2D eigenvalue weighted by atomic mass is 10.1. The smallest absolute Gasteiger partial charge is 0.224 e. The molecule has 1 amide bonds. The molecule has 0 saturated heterocycles. The predicted molar refractivity (Wildman–Crippen MR) is 101 cm³/mol. The zero-order valence-electron chi connectivity index (χ0n) is 14.9. The number of nitrogens with zero attached hydrogens (tertiary/aromatic N) is 1. The number of aromatic nitrogens is 1. The summed E-state index contributed by atoms with van der Waals surface area (Å²) in [4.78, 5) is 12.2. The monoisotopic (exact) mass is 354 g/mol. The van der Waals surface area contributed by atoms with Crippen LogP contribution in [0.2, 0.25) is 0 Å². The second kappa shape index (κ2) is 8.52. The molecular weight excluding hydrogens is 331 g/mol. The molecule has 4 nitrogen and oxygen atoms in total. The van der Waals surface area contributed by atoms with E-state index in [0.717, 1.165) is 29.3 Å². The first-order valence-electron chi connectivity index (χ1n) is 8.81. The van der Waals surface area contributed by atoms with E-state index in [1.807, 2.05) is 36.0 Å². The lowest BCUT2D eigenvalue weighted by molar-refractivity contribution is -0.120. The maximum absolute atomic E-state index is 12.8. The number of carbonyl (C=O) groups excluding carboxylic acids is 1. The normalized spacial score (nSPS) is 10.8. The molecule has 0 atom stereocenters. The number of ether oxygens (including phenoxy) is 1. The van der Waals surface area contributed by atoms with Crippen LogP contribution in [0.5, 0.6) is 5.75 Å². The Morgan fingerprint density at radius 1 is 1.12 bits per heavy atom. The van der Waals surface area contributed by atoms with E-state index in [0.29, 0.717) is 25.3 Å². The van der Waals surface area contributed by atoms with Crippen LogP contribution in [0.25, 0.3) is 10.9 Å². The van der Waals surface area contributed by atoms with Crippen molar-refractivity contribution in [1.82, 2.24) is 9.88 Å². The molecule has 3 aromatic rings.